The number of anilines is 1. The minimum absolute atomic E-state index is 0.345. The van der Waals surface area contributed by atoms with E-state index < -0.39 is 0 Å². The Kier molecular flexibility index (Phi) is 4.15. The fourth-order valence-corrected chi connectivity index (χ4v) is 2.68. The van der Waals surface area contributed by atoms with E-state index in [1.807, 2.05) is 35.7 Å². The second-order valence-corrected chi connectivity index (χ2v) is 5.50. The van der Waals surface area contributed by atoms with Crippen molar-refractivity contribution in [2.24, 2.45) is 0 Å². The number of amides is 2. The van der Waals surface area contributed by atoms with Gasteiger partial charge in [0.1, 0.15) is 10.8 Å². The number of hydrogen-bond donors (Lipinski definition) is 2. The lowest BCUT2D eigenvalue weighted by molar-refractivity contribution is 0.251. The van der Waals surface area contributed by atoms with Crippen molar-refractivity contribution >= 4 is 23.2 Å². The quantitative estimate of drug-likeness (QED) is 0.773. The second kappa shape index (κ2) is 6.40. The third-order valence-electron chi connectivity index (χ3n) is 2.87. The van der Waals surface area contributed by atoms with Gasteiger partial charge in [0.25, 0.3) is 0 Å². The van der Waals surface area contributed by atoms with Crippen LogP contribution in [-0.2, 0) is 6.54 Å². The van der Waals surface area contributed by atoms with Gasteiger partial charge in [-0.25, -0.2) is 9.78 Å². The standard InChI is InChI=1S/C15H14N4O2S/c1-10-7-13(19-21-10)18-15(20)16-8-12-9-22-14(17-12)11-5-3-2-4-6-11/h2-7,9H,8H2,1H3,(H2,16,18,19,20). The molecule has 2 amide bonds. The molecule has 0 aliphatic rings. The average Bonchev–Trinajstić information content (AvgIpc) is 3.15. The molecule has 0 unspecified atom stereocenters. The first-order valence-electron chi connectivity index (χ1n) is 6.69. The first-order valence-corrected chi connectivity index (χ1v) is 7.56. The van der Waals surface area contributed by atoms with Gasteiger partial charge in [-0.2, -0.15) is 0 Å². The number of benzene rings is 1. The van der Waals surface area contributed by atoms with E-state index in [0.717, 1.165) is 16.3 Å². The van der Waals surface area contributed by atoms with Crippen molar-refractivity contribution in [2.45, 2.75) is 13.5 Å². The number of urea groups is 1. The number of carbonyl (C=O) groups is 1. The average molecular weight is 314 g/mol. The lowest BCUT2D eigenvalue weighted by Gasteiger charge is -2.02. The summed E-state index contributed by atoms with van der Waals surface area (Å²) < 4.78 is 4.88. The maximum absolute atomic E-state index is 11.7. The Morgan fingerprint density at radius 2 is 2.14 bits per heavy atom. The molecule has 0 saturated carbocycles. The largest absolute Gasteiger partial charge is 0.360 e. The highest BCUT2D eigenvalue weighted by molar-refractivity contribution is 7.13. The fraction of sp³-hybridized carbons (Fsp3) is 0.133. The summed E-state index contributed by atoms with van der Waals surface area (Å²) in [7, 11) is 0. The summed E-state index contributed by atoms with van der Waals surface area (Å²) in [5.74, 6) is 1.03. The van der Waals surface area contributed by atoms with Crippen molar-refractivity contribution in [2.75, 3.05) is 5.32 Å². The Bertz CT molecular complexity index is 767. The van der Waals surface area contributed by atoms with Crippen molar-refractivity contribution in [3.63, 3.8) is 0 Å². The highest BCUT2D eigenvalue weighted by Gasteiger charge is 2.08. The molecular weight excluding hydrogens is 300 g/mol. The predicted octanol–water partition coefficient (Wildman–Crippen LogP) is 3.43. The highest BCUT2D eigenvalue weighted by atomic mass is 32.1. The normalized spacial score (nSPS) is 10.4. The van der Waals surface area contributed by atoms with E-state index in [0.29, 0.717) is 18.1 Å². The van der Waals surface area contributed by atoms with E-state index in [1.54, 1.807) is 24.3 Å². The van der Waals surface area contributed by atoms with E-state index in [2.05, 4.69) is 20.8 Å². The monoisotopic (exact) mass is 314 g/mol. The second-order valence-electron chi connectivity index (χ2n) is 4.64. The maximum Gasteiger partial charge on any atom is 0.320 e. The molecule has 0 spiro atoms. The molecule has 0 atom stereocenters. The molecule has 0 aliphatic carbocycles. The molecule has 22 heavy (non-hydrogen) atoms. The number of aromatic nitrogens is 2. The van der Waals surface area contributed by atoms with Gasteiger partial charge in [0.2, 0.25) is 0 Å². The third kappa shape index (κ3) is 3.50. The summed E-state index contributed by atoms with van der Waals surface area (Å²) in [5.41, 5.74) is 1.89. The van der Waals surface area contributed by atoms with Crippen LogP contribution >= 0.6 is 11.3 Å². The van der Waals surface area contributed by atoms with Crippen LogP contribution in [-0.4, -0.2) is 16.2 Å². The minimum atomic E-state index is -0.345. The predicted molar refractivity (Wildman–Crippen MR) is 84.6 cm³/mol. The van der Waals surface area contributed by atoms with E-state index in [9.17, 15) is 4.79 Å². The van der Waals surface area contributed by atoms with E-state index >= 15 is 0 Å². The van der Waals surface area contributed by atoms with Crippen molar-refractivity contribution in [3.05, 3.63) is 53.2 Å². The molecule has 2 heterocycles. The Labute approximate surface area is 131 Å². The molecule has 0 radical (unpaired) electrons. The van der Waals surface area contributed by atoms with Crippen LogP contribution in [0.5, 0.6) is 0 Å². The molecule has 7 heteroatoms. The van der Waals surface area contributed by atoms with Crippen LogP contribution in [0.1, 0.15) is 11.5 Å². The van der Waals surface area contributed by atoms with Crippen LogP contribution < -0.4 is 10.6 Å². The summed E-state index contributed by atoms with van der Waals surface area (Å²) in [5, 5.41) is 11.9. The third-order valence-corrected chi connectivity index (χ3v) is 3.81. The summed E-state index contributed by atoms with van der Waals surface area (Å²) in [4.78, 5) is 16.2. The molecule has 6 nitrogen and oxygen atoms in total. The van der Waals surface area contributed by atoms with Gasteiger partial charge in [-0.1, -0.05) is 35.5 Å². The molecule has 0 bridgehead atoms. The topological polar surface area (TPSA) is 80.0 Å². The first kappa shape index (κ1) is 14.3. The van der Waals surface area contributed by atoms with Crippen molar-refractivity contribution in [1.29, 1.82) is 0 Å². The zero-order valence-corrected chi connectivity index (χ0v) is 12.7. The molecule has 2 N–H and O–H groups in total. The number of hydrogen-bond acceptors (Lipinski definition) is 5. The van der Waals surface area contributed by atoms with Crippen molar-refractivity contribution < 1.29 is 9.32 Å². The Balaban J connectivity index is 1.56. The molecule has 0 saturated heterocycles. The van der Waals surface area contributed by atoms with Crippen molar-refractivity contribution in [3.8, 4) is 10.6 Å². The van der Waals surface area contributed by atoms with Crippen LogP contribution in [0, 0.1) is 6.92 Å². The summed E-state index contributed by atoms with van der Waals surface area (Å²) in [6.45, 7) is 2.11. The number of nitrogens with zero attached hydrogens (tertiary/aromatic N) is 2. The maximum atomic E-state index is 11.7. The zero-order chi connectivity index (χ0) is 15.4. The van der Waals surface area contributed by atoms with Gasteiger partial charge in [0, 0.05) is 17.0 Å². The summed E-state index contributed by atoms with van der Waals surface area (Å²) in [6, 6.07) is 11.2. The number of thiazole rings is 1. The van der Waals surface area contributed by atoms with Gasteiger partial charge in [-0.15, -0.1) is 11.3 Å². The van der Waals surface area contributed by atoms with Crippen LogP contribution in [0.3, 0.4) is 0 Å². The Morgan fingerprint density at radius 3 is 2.86 bits per heavy atom. The molecule has 112 valence electrons. The molecule has 0 aliphatic heterocycles. The van der Waals surface area contributed by atoms with Crippen LogP contribution in [0.15, 0.2) is 46.3 Å². The van der Waals surface area contributed by atoms with E-state index in [-0.39, 0.29) is 6.03 Å². The van der Waals surface area contributed by atoms with E-state index in [1.165, 1.54) is 0 Å². The van der Waals surface area contributed by atoms with Gasteiger partial charge in [-0.05, 0) is 6.92 Å². The number of carbonyl (C=O) groups excluding carboxylic acids is 1. The number of aryl methyl sites for hydroxylation is 1. The highest BCUT2D eigenvalue weighted by Crippen LogP contribution is 2.23. The fourth-order valence-electron chi connectivity index (χ4n) is 1.86. The van der Waals surface area contributed by atoms with Gasteiger partial charge >= 0.3 is 6.03 Å². The molecular formula is C15H14N4O2S. The lowest BCUT2D eigenvalue weighted by atomic mass is 10.2. The van der Waals surface area contributed by atoms with Gasteiger partial charge in [0.05, 0.1) is 12.2 Å². The molecule has 2 aromatic heterocycles. The van der Waals surface area contributed by atoms with Crippen LogP contribution in [0.25, 0.3) is 10.6 Å². The number of rotatable bonds is 4. The van der Waals surface area contributed by atoms with Gasteiger partial charge in [-0.3, -0.25) is 5.32 Å². The van der Waals surface area contributed by atoms with Gasteiger partial charge < -0.3 is 9.84 Å². The SMILES string of the molecule is Cc1cc(NC(=O)NCc2csc(-c3ccccc3)n2)no1. The Hall–Kier alpha value is -2.67. The first-order chi connectivity index (χ1) is 10.7. The minimum Gasteiger partial charge on any atom is -0.360 e. The zero-order valence-electron chi connectivity index (χ0n) is 11.9. The smallest absolute Gasteiger partial charge is 0.320 e. The molecule has 3 rings (SSSR count). The molecule has 3 aromatic rings. The van der Waals surface area contributed by atoms with Crippen molar-refractivity contribution in [1.82, 2.24) is 15.5 Å². The van der Waals surface area contributed by atoms with E-state index in [4.69, 9.17) is 4.52 Å². The number of nitrogens with one attached hydrogen (secondary N) is 2. The lowest BCUT2D eigenvalue weighted by Crippen LogP contribution is -2.28. The van der Waals surface area contributed by atoms with Gasteiger partial charge in [0.15, 0.2) is 5.82 Å². The summed E-state index contributed by atoms with van der Waals surface area (Å²) >= 11 is 1.55. The molecule has 0 fully saturated rings. The molecule has 1 aromatic carbocycles. The van der Waals surface area contributed by atoms with Crippen LogP contribution in [0.2, 0.25) is 0 Å². The summed E-state index contributed by atoms with van der Waals surface area (Å²) in [6.07, 6.45) is 0. The van der Waals surface area contributed by atoms with Crippen LogP contribution in [0.4, 0.5) is 10.6 Å². The Morgan fingerprint density at radius 1 is 1.32 bits per heavy atom.